The van der Waals surface area contributed by atoms with Crippen LogP contribution in [0.5, 0.6) is 0 Å². The van der Waals surface area contributed by atoms with Gasteiger partial charge in [-0.3, -0.25) is 4.90 Å². The van der Waals surface area contributed by atoms with Crippen molar-refractivity contribution in [3.8, 4) is 0 Å². The molecule has 0 amide bonds. The topological polar surface area (TPSA) is 41.3 Å². The zero-order valence-electron chi connectivity index (χ0n) is 10.5. The maximum atomic E-state index is 10.2. The van der Waals surface area contributed by atoms with E-state index in [0.29, 0.717) is 6.04 Å². The number of rotatable bonds is 1. The smallest absolute Gasteiger partial charge is 0.132 e. The van der Waals surface area contributed by atoms with Crippen molar-refractivity contribution in [2.24, 2.45) is 0 Å². The van der Waals surface area contributed by atoms with Crippen LogP contribution in [0, 0.1) is 0 Å². The van der Waals surface area contributed by atoms with E-state index in [2.05, 4.69) is 21.5 Å². The van der Waals surface area contributed by atoms with Crippen molar-refractivity contribution in [3.05, 3.63) is 17.7 Å². The number of fused-ring (bicyclic) bond motifs is 1. The van der Waals surface area contributed by atoms with Gasteiger partial charge < -0.3 is 9.67 Å². The highest BCUT2D eigenvalue weighted by Gasteiger charge is 2.29. The van der Waals surface area contributed by atoms with Crippen LogP contribution >= 0.6 is 0 Å². The van der Waals surface area contributed by atoms with E-state index in [9.17, 15) is 5.11 Å². The van der Waals surface area contributed by atoms with Crippen LogP contribution in [0.15, 0.2) is 6.20 Å². The van der Waals surface area contributed by atoms with Gasteiger partial charge in [0.1, 0.15) is 12.1 Å². The van der Waals surface area contributed by atoms with Crippen LogP contribution in [0.2, 0.25) is 0 Å². The van der Waals surface area contributed by atoms with Gasteiger partial charge in [-0.25, -0.2) is 4.98 Å². The second kappa shape index (κ2) is 4.42. The molecule has 4 nitrogen and oxygen atoms in total. The molecule has 1 fully saturated rings. The number of likely N-dealkylation sites (tertiary alicyclic amines) is 1. The number of hydrogen-bond donors (Lipinski definition) is 1. The van der Waals surface area contributed by atoms with Gasteiger partial charge >= 0.3 is 0 Å². The van der Waals surface area contributed by atoms with Gasteiger partial charge in [-0.05, 0) is 45.7 Å². The molecule has 4 heteroatoms. The molecule has 0 bridgehead atoms. The van der Waals surface area contributed by atoms with Crippen LogP contribution in [0.25, 0.3) is 0 Å². The first-order valence-corrected chi connectivity index (χ1v) is 6.71. The van der Waals surface area contributed by atoms with E-state index in [0.717, 1.165) is 31.6 Å². The molecular formula is C13H21N3O. The SMILES string of the molecule is CN1CCCCC1c1ncc2n1C(O)CCC2. The molecule has 0 radical (unpaired) electrons. The summed E-state index contributed by atoms with van der Waals surface area (Å²) in [6.07, 6.45) is 8.32. The summed E-state index contributed by atoms with van der Waals surface area (Å²) in [5.74, 6) is 1.08. The van der Waals surface area contributed by atoms with E-state index in [1.165, 1.54) is 25.0 Å². The van der Waals surface area contributed by atoms with Crippen LogP contribution in [0.1, 0.15) is 55.9 Å². The third kappa shape index (κ3) is 1.89. The zero-order chi connectivity index (χ0) is 11.8. The Bertz CT molecular complexity index is 401. The fraction of sp³-hybridized carbons (Fsp3) is 0.769. The molecule has 1 aromatic heterocycles. The molecule has 1 aromatic rings. The molecule has 2 aliphatic heterocycles. The molecule has 2 atom stereocenters. The molecule has 17 heavy (non-hydrogen) atoms. The lowest BCUT2D eigenvalue weighted by Crippen LogP contribution is -2.33. The summed E-state index contributed by atoms with van der Waals surface area (Å²) in [5.41, 5.74) is 1.21. The Labute approximate surface area is 102 Å². The van der Waals surface area contributed by atoms with Crippen molar-refractivity contribution < 1.29 is 5.11 Å². The van der Waals surface area contributed by atoms with Crippen LogP contribution in [0.3, 0.4) is 0 Å². The van der Waals surface area contributed by atoms with E-state index in [1.807, 2.05) is 6.20 Å². The van der Waals surface area contributed by atoms with Crippen molar-refractivity contribution in [1.29, 1.82) is 0 Å². The van der Waals surface area contributed by atoms with E-state index in [1.54, 1.807) is 0 Å². The van der Waals surface area contributed by atoms with Crippen molar-refractivity contribution in [1.82, 2.24) is 14.5 Å². The van der Waals surface area contributed by atoms with Gasteiger partial charge in [0.15, 0.2) is 0 Å². The summed E-state index contributed by atoms with van der Waals surface area (Å²) < 4.78 is 2.08. The highest BCUT2D eigenvalue weighted by molar-refractivity contribution is 5.12. The minimum Gasteiger partial charge on any atom is -0.373 e. The van der Waals surface area contributed by atoms with Gasteiger partial charge in [0.2, 0.25) is 0 Å². The van der Waals surface area contributed by atoms with E-state index < -0.39 is 0 Å². The van der Waals surface area contributed by atoms with Gasteiger partial charge in [-0.15, -0.1) is 0 Å². The number of aliphatic hydroxyl groups excluding tert-OH is 1. The Morgan fingerprint density at radius 3 is 3.00 bits per heavy atom. The lowest BCUT2D eigenvalue weighted by molar-refractivity contribution is 0.0662. The third-order valence-electron chi connectivity index (χ3n) is 4.16. The van der Waals surface area contributed by atoms with E-state index in [-0.39, 0.29) is 6.23 Å². The Hall–Kier alpha value is -0.870. The summed E-state index contributed by atoms with van der Waals surface area (Å²) in [5, 5.41) is 10.2. The first-order valence-electron chi connectivity index (χ1n) is 6.71. The lowest BCUT2D eigenvalue weighted by Gasteiger charge is -2.34. The number of aromatic nitrogens is 2. The van der Waals surface area contributed by atoms with Gasteiger partial charge in [-0.1, -0.05) is 6.42 Å². The molecule has 3 rings (SSSR count). The summed E-state index contributed by atoms with van der Waals surface area (Å²) in [4.78, 5) is 6.96. The number of imidazole rings is 1. The van der Waals surface area contributed by atoms with Crippen LogP contribution in [0.4, 0.5) is 0 Å². The monoisotopic (exact) mass is 235 g/mol. The summed E-state index contributed by atoms with van der Waals surface area (Å²) in [6.45, 7) is 1.14. The van der Waals surface area contributed by atoms with Gasteiger partial charge in [-0.2, -0.15) is 0 Å². The molecule has 94 valence electrons. The molecule has 0 aromatic carbocycles. The molecule has 3 heterocycles. The van der Waals surface area contributed by atoms with Gasteiger partial charge in [0, 0.05) is 11.9 Å². The summed E-state index contributed by atoms with van der Waals surface area (Å²) >= 11 is 0. The number of piperidine rings is 1. The Kier molecular flexibility index (Phi) is 2.92. The highest BCUT2D eigenvalue weighted by atomic mass is 16.3. The first-order chi connectivity index (χ1) is 8.27. The minimum atomic E-state index is -0.355. The van der Waals surface area contributed by atoms with E-state index in [4.69, 9.17) is 0 Å². The van der Waals surface area contributed by atoms with Crippen LogP contribution < -0.4 is 0 Å². The molecular weight excluding hydrogens is 214 g/mol. The molecule has 1 saturated heterocycles. The second-order valence-electron chi connectivity index (χ2n) is 5.34. The molecule has 0 aliphatic carbocycles. The predicted molar refractivity (Wildman–Crippen MR) is 65.6 cm³/mol. The van der Waals surface area contributed by atoms with E-state index >= 15 is 0 Å². The number of aryl methyl sites for hydroxylation is 1. The molecule has 1 N–H and O–H groups in total. The third-order valence-corrected chi connectivity index (χ3v) is 4.16. The second-order valence-corrected chi connectivity index (χ2v) is 5.34. The molecule has 2 aliphatic rings. The Morgan fingerprint density at radius 1 is 1.29 bits per heavy atom. The number of aliphatic hydroxyl groups is 1. The quantitative estimate of drug-likeness (QED) is 0.808. The average Bonchev–Trinajstić information content (AvgIpc) is 2.75. The van der Waals surface area contributed by atoms with Crippen molar-refractivity contribution >= 4 is 0 Å². The van der Waals surface area contributed by atoms with Crippen molar-refractivity contribution in [2.75, 3.05) is 13.6 Å². The maximum absolute atomic E-state index is 10.2. The van der Waals surface area contributed by atoms with Crippen LogP contribution in [-0.2, 0) is 6.42 Å². The number of nitrogens with zero attached hydrogens (tertiary/aromatic N) is 3. The average molecular weight is 235 g/mol. The Balaban J connectivity index is 1.94. The van der Waals surface area contributed by atoms with Crippen LogP contribution in [-0.4, -0.2) is 33.1 Å². The Morgan fingerprint density at radius 2 is 2.18 bits per heavy atom. The standard InChI is InChI=1S/C13H21N3O/c1-15-8-3-2-6-11(15)13-14-9-10-5-4-7-12(17)16(10)13/h9,11-12,17H,2-8H2,1H3. The molecule has 0 saturated carbocycles. The van der Waals surface area contributed by atoms with Gasteiger partial charge in [0.25, 0.3) is 0 Å². The predicted octanol–water partition coefficient (Wildman–Crippen LogP) is 1.87. The first kappa shape index (κ1) is 11.2. The fourth-order valence-electron chi connectivity index (χ4n) is 3.18. The molecule has 0 spiro atoms. The van der Waals surface area contributed by atoms with Crippen molar-refractivity contribution in [3.63, 3.8) is 0 Å². The minimum absolute atomic E-state index is 0.355. The summed E-state index contributed by atoms with van der Waals surface area (Å²) in [7, 11) is 2.17. The maximum Gasteiger partial charge on any atom is 0.132 e. The zero-order valence-corrected chi connectivity index (χ0v) is 10.5. The summed E-state index contributed by atoms with van der Waals surface area (Å²) in [6, 6.07) is 0.394. The normalized spacial score (nSPS) is 30.2. The highest BCUT2D eigenvalue weighted by Crippen LogP contribution is 2.33. The largest absolute Gasteiger partial charge is 0.373 e. The fourth-order valence-corrected chi connectivity index (χ4v) is 3.18. The number of hydrogen-bond acceptors (Lipinski definition) is 3. The van der Waals surface area contributed by atoms with Crippen molar-refractivity contribution in [2.45, 2.75) is 50.8 Å². The lowest BCUT2D eigenvalue weighted by atomic mass is 10.0. The van der Waals surface area contributed by atoms with Gasteiger partial charge in [0.05, 0.1) is 6.04 Å². The molecule has 2 unspecified atom stereocenters.